The van der Waals surface area contributed by atoms with Crippen LogP contribution in [0.1, 0.15) is 131 Å². The summed E-state index contributed by atoms with van der Waals surface area (Å²) in [6, 6.07) is 54.1. The van der Waals surface area contributed by atoms with Crippen LogP contribution >= 0.6 is 0 Å². The van der Waals surface area contributed by atoms with Crippen LogP contribution in [-0.4, -0.2) is 0 Å². The van der Waals surface area contributed by atoms with Gasteiger partial charge >= 0.3 is 0 Å². The van der Waals surface area contributed by atoms with E-state index < -0.39 is 0 Å². The van der Waals surface area contributed by atoms with Gasteiger partial charge in [0.25, 0.3) is 0 Å². The van der Waals surface area contributed by atoms with E-state index in [1.165, 1.54) is 27.8 Å². The Hall–Kier alpha value is -3.90. The Labute approximate surface area is 298 Å². The van der Waals surface area contributed by atoms with E-state index in [-0.39, 0.29) is 5.41 Å². The summed E-state index contributed by atoms with van der Waals surface area (Å²) < 4.78 is 0. The third kappa shape index (κ3) is 13.7. The molecule has 0 aliphatic carbocycles. The van der Waals surface area contributed by atoms with Crippen LogP contribution in [0, 0.1) is 11.8 Å². The van der Waals surface area contributed by atoms with E-state index in [4.69, 9.17) is 0 Å². The number of benzene rings is 5. The summed E-state index contributed by atoms with van der Waals surface area (Å²) in [4.78, 5) is 0. The molecule has 0 nitrogen and oxygen atoms in total. The monoisotopic (exact) mass is 647 g/mol. The summed E-state index contributed by atoms with van der Waals surface area (Å²) in [6.45, 7) is 29.2. The number of hydrogen-bond donors (Lipinski definition) is 0. The number of rotatable bonds is 7. The normalized spacial score (nSPS) is 9.60. The van der Waals surface area contributed by atoms with Gasteiger partial charge in [0.05, 0.1) is 0 Å². The molecule has 5 rings (SSSR count). The minimum atomic E-state index is -0.121. The van der Waals surface area contributed by atoms with Crippen LogP contribution in [0.2, 0.25) is 0 Å². The molecule has 0 spiro atoms. The van der Waals surface area contributed by atoms with Gasteiger partial charge in [-0.1, -0.05) is 249 Å². The highest BCUT2D eigenvalue weighted by atomic mass is 14.4. The molecule has 0 aromatic heterocycles. The van der Waals surface area contributed by atoms with E-state index in [1.807, 2.05) is 69.2 Å². The van der Waals surface area contributed by atoms with E-state index in [1.54, 1.807) is 0 Å². The second-order valence-electron chi connectivity index (χ2n) is 10.6. The Kier molecular flexibility index (Phi) is 28.2. The maximum absolute atomic E-state index is 2.31. The van der Waals surface area contributed by atoms with Crippen molar-refractivity contribution in [1.29, 1.82) is 0 Å². The van der Waals surface area contributed by atoms with Crippen molar-refractivity contribution in [3.8, 4) is 0 Å². The lowest BCUT2D eigenvalue weighted by molar-refractivity contribution is 0.438. The first-order valence-corrected chi connectivity index (χ1v) is 18.8. The molecule has 0 bridgehead atoms. The quantitative estimate of drug-likeness (QED) is 0.154. The summed E-state index contributed by atoms with van der Waals surface area (Å²) in [6.07, 6.45) is 0. The van der Waals surface area contributed by atoms with E-state index in [2.05, 4.69) is 179 Å². The van der Waals surface area contributed by atoms with Gasteiger partial charge in [0.15, 0.2) is 0 Å². The topological polar surface area (TPSA) is 0 Å². The maximum atomic E-state index is 2.31. The lowest BCUT2D eigenvalue weighted by atomic mass is 9.63. The Morgan fingerprint density at radius 1 is 0.312 bits per heavy atom. The van der Waals surface area contributed by atoms with Gasteiger partial charge in [-0.3, -0.25) is 0 Å². The van der Waals surface area contributed by atoms with Gasteiger partial charge in [-0.15, -0.1) is 0 Å². The molecule has 0 heteroatoms. The van der Waals surface area contributed by atoms with Crippen molar-refractivity contribution in [2.45, 2.75) is 108 Å². The van der Waals surface area contributed by atoms with E-state index in [0.717, 1.165) is 0 Å². The van der Waals surface area contributed by atoms with Gasteiger partial charge in [0, 0.05) is 11.3 Å². The van der Waals surface area contributed by atoms with Gasteiger partial charge in [-0.05, 0) is 39.7 Å². The fourth-order valence-electron chi connectivity index (χ4n) is 5.89. The second kappa shape index (κ2) is 29.3. The molecule has 0 amide bonds. The highest BCUT2D eigenvalue weighted by molar-refractivity contribution is 5.51. The summed E-state index contributed by atoms with van der Waals surface area (Å²) in [5.41, 5.74) is 6.74. The second-order valence-corrected chi connectivity index (χ2v) is 10.6. The average molecular weight is 647 g/mol. The lowest BCUT2D eigenvalue weighted by Gasteiger charge is -2.39. The first-order chi connectivity index (χ1) is 23.5. The van der Waals surface area contributed by atoms with Crippen molar-refractivity contribution in [3.63, 3.8) is 0 Å². The molecule has 5 aromatic rings. The first-order valence-electron chi connectivity index (χ1n) is 18.8. The molecule has 0 saturated heterocycles. The Morgan fingerprint density at radius 3 is 0.708 bits per heavy atom. The predicted octanol–water partition coefficient (Wildman–Crippen LogP) is 15.3. The molecule has 5 aromatic carbocycles. The van der Waals surface area contributed by atoms with Crippen LogP contribution in [0.15, 0.2) is 152 Å². The molecular formula is C48H70. The summed E-state index contributed by atoms with van der Waals surface area (Å²) in [7, 11) is 0. The van der Waals surface area contributed by atoms with Gasteiger partial charge in [0.1, 0.15) is 0 Å². The zero-order valence-electron chi connectivity index (χ0n) is 33.2. The molecule has 0 fully saturated rings. The van der Waals surface area contributed by atoms with Crippen molar-refractivity contribution in [2.24, 2.45) is 11.8 Å². The minimum Gasteiger partial charge on any atom is -0.0683 e. The van der Waals surface area contributed by atoms with Crippen molar-refractivity contribution >= 4 is 0 Å². The van der Waals surface area contributed by atoms with Crippen molar-refractivity contribution in [1.82, 2.24) is 0 Å². The van der Waals surface area contributed by atoms with Crippen LogP contribution in [0.5, 0.6) is 0 Å². The summed E-state index contributed by atoms with van der Waals surface area (Å²) in [5, 5.41) is 0. The number of hydrogen-bond acceptors (Lipinski definition) is 0. The summed E-state index contributed by atoms with van der Waals surface area (Å²) in [5.74, 6) is 1.56. The molecule has 48 heavy (non-hydrogen) atoms. The first kappa shape index (κ1) is 46.2. The van der Waals surface area contributed by atoms with E-state index in [9.17, 15) is 0 Å². The van der Waals surface area contributed by atoms with Gasteiger partial charge in [-0.25, -0.2) is 0 Å². The Bertz CT molecular complexity index is 1190. The Morgan fingerprint density at radius 2 is 0.521 bits per heavy atom. The zero-order valence-corrected chi connectivity index (χ0v) is 33.2. The molecular weight excluding hydrogens is 577 g/mol. The van der Waals surface area contributed by atoms with Crippen LogP contribution in [0.25, 0.3) is 0 Å². The molecule has 0 radical (unpaired) electrons. The largest absolute Gasteiger partial charge is 0.0683 e. The standard InChI is InChI=1S/C22H22.C16H18.5C2H6/c1-18(2)22(19-12-6-3-7-13-19,20-14-8-4-9-15-20)21-16-10-5-11-17-21;1-13(2)16(14-9-5-3-6-10-14)15-11-7-4-8-12-15;5*1-2/h3-18H,1-2H3;3-13,16H,1-2H3;5*1-2H3. The third-order valence-corrected chi connectivity index (χ3v) is 7.54. The van der Waals surface area contributed by atoms with Gasteiger partial charge < -0.3 is 0 Å². The van der Waals surface area contributed by atoms with Gasteiger partial charge in [-0.2, -0.15) is 0 Å². The fourth-order valence-corrected chi connectivity index (χ4v) is 5.89. The molecule has 0 saturated carbocycles. The maximum Gasteiger partial charge on any atom is 0.0474 e. The van der Waals surface area contributed by atoms with E-state index >= 15 is 0 Å². The average Bonchev–Trinajstić information content (AvgIpc) is 3.18. The van der Waals surface area contributed by atoms with Crippen LogP contribution in [-0.2, 0) is 5.41 Å². The molecule has 0 aliphatic rings. The smallest absolute Gasteiger partial charge is 0.0474 e. The lowest BCUT2D eigenvalue weighted by Crippen LogP contribution is -2.35. The Balaban J connectivity index is 0. The highest BCUT2D eigenvalue weighted by Gasteiger charge is 2.39. The van der Waals surface area contributed by atoms with Crippen molar-refractivity contribution in [3.05, 3.63) is 179 Å². The minimum absolute atomic E-state index is 0.121. The van der Waals surface area contributed by atoms with Gasteiger partial charge in [0.2, 0.25) is 0 Å². The molecule has 262 valence electrons. The van der Waals surface area contributed by atoms with Crippen molar-refractivity contribution < 1.29 is 0 Å². The van der Waals surface area contributed by atoms with Crippen LogP contribution in [0.3, 0.4) is 0 Å². The van der Waals surface area contributed by atoms with E-state index in [0.29, 0.717) is 17.8 Å². The SMILES string of the molecule is CC.CC.CC.CC.CC.CC(C)C(c1ccccc1)(c1ccccc1)c1ccccc1.CC(C)C(c1ccccc1)c1ccccc1. The molecule has 0 atom stereocenters. The zero-order chi connectivity index (χ0) is 36.8. The summed E-state index contributed by atoms with van der Waals surface area (Å²) >= 11 is 0. The predicted molar refractivity (Wildman–Crippen MR) is 220 cm³/mol. The van der Waals surface area contributed by atoms with Crippen molar-refractivity contribution in [2.75, 3.05) is 0 Å². The third-order valence-electron chi connectivity index (χ3n) is 7.54. The molecule has 0 heterocycles. The molecule has 0 N–H and O–H groups in total. The molecule has 0 unspecified atom stereocenters. The fraction of sp³-hybridized carbons (Fsp3) is 0.375. The molecule has 0 aliphatic heterocycles. The van der Waals surface area contributed by atoms with Crippen LogP contribution < -0.4 is 0 Å². The van der Waals surface area contributed by atoms with Crippen LogP contribution in [0.4, 0.5) is 0 Å². The highest BCUT2D eigenvalue weighted by Crippen LogP contribution is 2.45.